The highest BCUT2D eigenvalue weighted by Gasteiger charge is 2.26. The van der Waals surface area contributed by atoms with Gasteiger partial charge in [-0.1, -0.05) is 29.8 Å². The van der Waals surface area contributed by atoms with Crippen molar-refractivity contribution in [1.82, 2.24) is 10.2 Å². The van der Waals surface area contributed by atoms with Crippen molar-refractivity contribution < 1.29 is 14.3 Å². The number of carbonyl (C=O) groups is 2. The number of halogens is 1. The van der Waals surface area contributed by atoms with Gasteiger partial charge in [-0.05, 0) is 48.2 Å². The Kier molecular flexibility index (Phi) is 7.29. The Labute approximate surface area is 193 Å². The molecule has 1 saturated heterocycles. The molecular formula is C24H29ClN4O3. The highest BCUT2D eigenvalue weighted by Crippen LogP contribution is 2.31. The van der Waals surface area contributed by atoms with Crippen molar-refractivity contribution in [2.75, 3.05) is 56.7 Å². The molecule has 2 aromatic rings. The predicted molar refractivity (Wildman–Crippen MR) is 126 cm³/mol. The Balaban J connectivity index is 1.46. The summed E-state index contributed by atoms with van der Waals surface area (Å²) in [6.07, 6.45) is 2.19. The van der Waals surface area contributed by atoms with Gasteiger partial charge in [0.15, 0.2) is 0 Å². The molecule has 2 amide bonds. The molecule has 2 heterocycles. The van der Waals surface area contributed by atoms with E-state index in [4.69, 9.17) is 16.3 Å². The second-order valence-corrected chi connectivity index (χ2v) is 8.69. The number of hydrogen-bond donors (Lipinski definition) is 2. The van der Waals surface area contributed by atoms with Crippen LogP contribution < -0.4 is 15.5 Å². The number of nitrogens with zero attached hydrogens (tertiary/aromatic N) is 2. The summed E-state index contributed by atoms with van der Waals surface area (Å²) in [6, 6.07) is 13.3. The van der Waals surface area contributed by atoms with Crippen LogP contribution in [0.4, 0.5) is 11.4 Å². The number of hydrogen-bond acceptors (Lipinski definition) is 5. The molecule has 2 aromatic carbocycles. The minimum Gasteiger partial charge on any atom is -0.379 e. The fourth-order valence-electron chi connectivity index (χ4n) is 4.38. The van der Waals surface area contributed by atoms with Crippen molar-refractivity contribution in [3.8, 4) is 0 Å². The van der Waals surface area contributed by atoms with Crippen LogP contribution in [0.1, 0.15) is 23.6 Å². The van der Waals surface area contributed by atoms with Gasteiger partial charge < -0.3 is 20.3 Å². The molecule has 0 aromatic heterocycles. The molecule has 0 aliphatic carbocycles. The number of morpholine rings is 1. The minimum atomic E-state index is -0.708. The van der Waals surface area contributed by atoms with Crippen molar-refractivity contribution in [3.05, 3.63) is 58.6 Å². The summed E-state index contributed by atoms with van der Waals surface area (Å²) in [6.45, 7) is 4.30. The Morgan fingerprint density at radius 2 is 1.91 bits per heavy atom. The van der Waals surface area contributed by atoms with Crippen molar-refractivity contribution in [1.29, 1.82) is 0 Å². The third kappa shape index (κ3) is 5.41. The fourth-order valence-corrected chi connectivity index (χ4v) is 4.57. The number of ether oxygens (including phenoxy) is 1. The van der Waals surface area contributed by atoms with Gasteiger partial charge in [0.25, 0.3) is 0 Å². The van der Waals surface area contributed by atoms with E-state index >= 15 is 0 Å². The molecule has 0 bridgehead atoms. The van der Waals surface area contributed by atoms with E-state index in [2.05, 4.69) is 45.7 Å². The Morgan fingerprint density at radius 3 is 2.69 bits per heavy atom. The Bertz CT molecular complexity index is 977. The molecular weight excluding hydrogens is 428 g/mol. The standard InChI is InChI=1S/C24H29ClN4O3/c1-28-9-3-4-17-14-18(7-8-21(17)28)22(29-10-12-32-13-11-29)16-26-23(30)24(31)27-20-6-2-5-19(25)15-20/h2,5-8,14-15,22H,3-4,9-13,16H2,1H3,(H,26,30)(H,27,31)/t22-/m0/s1. The third-order valence-electron chi connectivity index (χ3n) is 6.07. The first kappa shape index (κ1) is 22.6. The average molecular weight is 457 g/mol. The Hall–Kier alpha value is -2.61. The highest BCUT2D eigenvalue weighted by atomic mass is 35.5. The lowest BCUT2D eigenvalue weighted by Gasteiger charge is -2.36. The monoisotopic (exact) mass is 456 g/mol. The van der Waals surface area contributed by atoms with Gasteiger partial charge in [0.1, 0.15) is 0 Å². The van der Waals surface area contributed by atoms with E-state index in [9.17, 15) is 9.59 Å². The lowest BCUT2D eigenvalue weighted by molar-refractivity contribution is -0.136. The van der Waals surface area contributed by atoms with Gasteiger partial charge in [-0.15, -0.1) is 0 Å². The van der Waals surface area contributed by atoms with Crippen molar-refractivity contribution >= 4 is 34.8 Å². The lowest BCUT2D eigenvalue weighted by atomic mass is 9.95. The molecule has 32 heavy (non-hydrogen) atoms. The largest absolute Gasteiger partial charge is 0.379 e. The first-order valence-corrected chi connectivity index (χ1v) is 11.4. The van der Waals surface area contributed by atoms with Crippen LogP contribution in [0.2, 0.25) is 5.02 Å². The number of carbonyl (C=O) groups excluding carboxylic acids is 2. The first-order valence-electron chi connectivity index (χ1n) is 11.0. The summed E-state index contributed by atoms with van der Waals surface area (Å²) in [5.41, 5.74) is 4.24. The molecule has 0 radical (unpaired) electrons. The zero-order valence-electron chi connectivity index (χ0n) is 18.3. The number of anilines is 2. The topological polar surface area (TPSA) is 73.9 Å². The highest BCUT2D eigenvalue weighted by molar-refractivity contribution is 6.39. The van der Waals surface area contributed by atoms with E-state index in [1.54, 1.807) is 24.3 Å². The molecule has 170 valence electrons. The van der Waals surface area contributed by atoms with Crippen molar-refractivity contribution in [2.24, 2.45) is 0 Å². The zero-order valence-corrected chi connectivity index (χ0v) is 19.0. The summed E-state index contributed by atoms with van der Waals surface area (Å²) < 4.78 is 5.52. The normalized spacial score (nSPS) is 17.4. The van der Waals surface area contributed by atoms with Gasteiger partial charge in [0.2, 0.25) is 0 Å². The molecule has 8 heteroatoms. The molecule has 1 atom stereocenters. The van der Waals surface area contributed by atoms with E-state index in [1.807, 2.05) is 0 Å². The van der Waals surface area contributed by atoms with Crippen molar-refractivity contribution in [3.63, 3.8) is 0 Å². The molecule has 2 aliphatic rings. The van der Waals surface area contributed by atoms with Crippen LogP contribution in [0, 0.1) is 0 Å². The maximum absolute atomic E-state index is 12.5. The molecule has 0 unspecified atom stereocenters. The van der Waals surface area contributed by atoms with Crippen LogP contribution in [-0.4, -0.2) is 63.2 Å². The molecule has 4 rings (SSSR count). The van der Waals surface area contributed by atoms with E-state index in [1.165, 1.54) is 11.3 Å². The number of rotatable bonds is 5. The number of nitrogens with one attached hydrogen (secondary N) is 2. The smallest absolute Gasteiger partial charge is 0.313 e. The molecule has 1 fully saturated rings. The van der Waals surface area contributed by atoms with E-state index in [0.717, 1.165) is 38.0 Å². The average Bonchev–Trinajstić information content (AvgIpc) is 2.80. The molecule has 0 saturated carbocycles. The summed E-state index contributed by atoms with van der Waals surface area (Å²) >= 11 is 5.95. The van der Waals surface area contributed by atoms with Crippen molar-refractivity contribution in [2.45, 2.75) is 18.9 Å². The van der Waals surface area contributed by atoms with Gasteiger partial charge in [-0.2, -0.15) is 0 Å². The summed E-state index contributed by atoms with van der Waals surface area (Å²) in [4.78, 5) is 29.5. The van der Waals surface area contributed by atoms with Crippen LogP contribution in [0.25, 0.3) is 0 Å². The number of fused-ring (bicyclic) bond motifs is 1. The Morgan fingerprint density at radius 1 is 1.09 bits per heavy atom. The fraction of sp³-hybridized carbons (Fsp3) is 0.417. The van der Waals surface area contributed by atoms with Gasteiger partial charge in [0.05, 0.1) is 19.3 Å². The van der Waals surface area contributed by atoms with Crippen LogP contribution in [0.3, 0.4) is 0 Å². The van der Waals surface area contributed by atoms with Gasteiger partial charge >= 0.3 is 11.8 Å². The summed E-state index contributed by atoms with van der Waals surface area (Å²) in [5, 5.41) is 5.92. The summed E-state index contributed by atoms with van der Waals surface area (Å²) in [5.74, 6) is -1.37. The number of amides is 2. The molecule has 7 nitrogen and oxygen atoms in total. The quantitative estimate of drug-likeness (QED) is 0.677. The number of aryl methyl sites for hydroxylation is 1. The van der Waals surface area contributed by atoms with Crippen LogP contribution in [-0.2, 0) is 20.7 Å². The van der Waals surface area contributed by atoms with Gasteiger partial charge in [-0.3, -0.25) is 14.5 Å². The zero-order chi connectivity index (χ0) is 22.5. The molecule has 2 aliphatic heterocycles. The van der Waals surface area contributed by atoms with Gasteiger partial charge in [0, 0.05) is 49.6 Å². The predicted octanol–water partition coefficient (Wildman–Crippen LogP) is 2.85. The minimum absolute atomic E-state index is 0.0284. The van der Waals surface area contributed by atoms with Crippen LogP contribution >= 0.6 is 11.6 Å². The molecule has 2 N–H and O–H groups in total. The van der Waals surface area contributed by atoms with Gasteiger partial charge in [-0.25, -0.2) is 0 Å². The lowest BCUT2D eigenvalue weighted by Crippen LogP contribution is -2.45. The van der Waals surface area contributed by atoms with Crippen LogP contribution in [0.5, 0.6) is 0 Å². The maximum atomic E-state index is 12.5. The maximum Gasteiger partial charge on any atom is 0.313 e. The SMILES string of the molecule is CN1CCCc2cc([C@H](CNC(=O)C(=O)Nc3cccc(Cl)c3)N3CCOCC3)ccc21. The van der Waals surface area contributed by atoms with E-state index in [-0.39, 0.29) is 6.04 Å². The summed E-state index contributed by atoms with van der Waals surface area (Å²) in [7, 11) is 2.12. The third-order valence-corrected chi connectivity index (χ3v) is 6.31. The first-order chi connectivity index (χ1) is 15.5. The molecule has 0 spiro atoms. The second-order valence-electron chi connectivity index (χ2n) is 8.25. The van der Waals surface area contributed by atoms with E-state index in [0.29, 0.717) is 30.5 Å². The van der Waals surface area contributed by atoms with Crippen LogP contribution in [0.15, 0.2) is 42.5 Å². The second kappa shape index (κ2) is 10.3. The number of benzene rings is 2. The van der Waals surface area contributed by atoms with E-state index < -0.39 is 11.8 Å².